The summed E-state index contributed by atoms with van der Waals surface area (Å²) in [5, 5.41) is 1.45. The third kappa shape index (κ3) is 3.69. The maximum Gasteiger partial charge on any atom is 0.389 e. The minimum Gasteiger partial charge on any atom is -0.345 e. The molecule has 0 radical (unpaired) electrons. The molecule has 0 saturated carbocycles. The van der Waals surface area contributed by atoms with Crippen LogP contribution in [0, 0.1) is 0 Å². The Bertz CT molecular complexity index is 1180. The van der Waals surface area contributed by atoms with Gasteiger partial charge >= 0.3 is 6.18 Å². The van der Waals surface area contributed by atoms with Crippen LogP contribution in [0.4, 0.5) is 13.2 Å². The summed E-state index contributed by atoms with van der Waals surface area (Å²) in [5.41, 5.74) is 1.84. The lowest BCUT2D eigenvalue weighted by atomic mass is 10.1. The number of aromatic amines is 1. The highest BCUT2D eigenvalue weighted by atomic mass is 19.4. The highest BCUT2D eigenvalue weighted by molar-refractivity contribution is 5.92. The zero-order valence-corrected chi connectivity index (χ0v) is 15.4. The monoisotopic (exact) mass is 402 g/mol. The largest absolute Gasteiger partial charge is 0.389 e. The van der Waals surface area contributed by atoms with E-state index in [4.69, 9.17) is 0 Å². The van der Waals surface area contributed by atoms with Gasteiger partial charge in [-0.2, -0.15) is 13.2 Å². The van der Waals surface area contributed by atoms with Crippen molar-refractivity contribution >= 4 is 27.9 Å². The molecule has 4 aromatic heterocycles. The molecule has 0 spiro atoms. The van der Waals surface area contributed by atoms with Gasteiger partial charge in [0.25, 0.3) is 0 Å². The molecule has 0 fully saturated rings. The average Bonchev–Trinajstić information content (AvgIpc) is 3.30. The zero-order chi connectivity index (χ0) is 20.6. The van der Waals surface area contributed by atoms with Crippen LogP contribution < -0.4 is 0 Å². The molecule has 29 heavy (non-hydrogen) atoms. The molecule has 150 valence electrons. The van der Waals surface area contributed by atoms with Gasteiger partial charge in [-0.1, -0.05) is 6.92 Å². The summed E-state index contributed by atoms with van der Waals surface area (Å²) >= 11 is 0. The summed E-state index contributed by atoms with van der Waals surface area (Å²) in [6, 6.07) is 1.03. The van der Waals surface area contributed by atoms with Gasteiger partial charge in [-0.3, -0.25) is 4.79 Å². The Balaban J connectivity index is 1.72. The number of H-pyrrole nitrogens is 1. The fourth-order valence-electron chi connectivity index (χ4n) is 3.38. The summed E-state index contributed by atoms with van der Waals surface area (Å²) in [4.78, 5) is 32.6. The molecule has 0 aliphatic carbocycles. The molecule has 4 rings (SSSR count). The van der Waals surface area contributed by atoms with Crippen molar-refractivity contribution in [2.45, 2.75) is 38.4 Å². The van der Waals surface area contributed by atoms with Crippen molar-refractivity contribution < 1.29 is 18.0 Å². The number of rotatable bonds is 6. The van der Waals surface area contributed by atoms with Gasteiger partial charge in [-0.15, -0.1) is 0 Å². The van der Waals surface area contributed by atoms with Crippen LogP contribution in [-0.2, 0) is 4.79 Å². The third-order valence-corrected chi connectivity index (χ3v) is 4.80. The van der Waals surface area contributed by atoms with Crippen LogP contribution in [-0.4, -0.2) is 41.4 Å². The summed E-state index contributed by atoms with van der Waals surface area (Å²) in [7, 11) is 0. The molecule has 1 atom stereocenters. The Morgan fingerprint density at radius 3 is 2.86 bits per heavy atom. The van der Waals surface area contributed by atoms with Crippen molar-refractivity contribution in [2.24, 2.45) is 0 Å². The molecule has 10 heteroatoms. The van der Waals surface area contributed by atoms with E-state index in [1.807, 2.05) is 0 Å². The first kappa shape index (κ1) is 19.0. The van der Waals surface area contributed by atoms with E-state index in [1.54, 1.807) is 42.3 Å². The zero-order valence-electron chi connectivity index (χ0n) is 15.4. The number of hydrogen-bond donors (Lipinski definition) is 1. The fourth-order valence-corrected chi connectivity index (χ4v) is 3.38. The predicted octanol–water partition coefficient (Wildman–Crippen LogP) is 4.23. The van der Waals surface area contributed by atoms with Crippen LogP contribution >= 0.6 is 0 Å². The van der Waals surface area contributed by atoms with Gasteiger partial charge in [0.05, 0.1) is 12.5 Å². The Morgan fingerprint density at radius 1 is 1.28 bits per heavy atom. The lowest BCUT2D eigenvalue weighted by molar-refractivity contribution is -0.144. The molecule has 0 aromatic carbocycles. The van der Waals surface area contributed by atoms with Gasteiger partial charge in [0, 0.05) is 47.5 Å². The van der Waals surface area contributed by atoms with Crippen LogP contribution in [0.3, 0.4) is 0 Å². The number of carbonyl (C=O) groups excluding carboxylic acids is 1. The molecule has 0 aliphatic heterocycles. The Labute approximate surface area is 163 Å². The van der Waals surface area contributed by atoms with Crippen molar-refractivity contribution in [2.75, 3.05) is 0 Å². The number of aromatic nitrogens is 6. The van der Waals surface area contributed by atoms with Crippen molar-refractivity contribution in [3.05, 3.63) is 37.2 Å². The highest BCUT2D eigenvalue weighted by Crippen LogP contribution is 2.29. The molecule has 0 aliphatic rings. The summed E-state index contributed by atoms with van der Waals surface area (Å²) in [6.45, 7) is 1.76. The van der Waals surface area contributed by atoms with Gasteiger partial charge in [-0.25, -0.2) is 19.9 Å². The number of nitrogens with one attached hydrogen (secondary N) is 1. The van der Waals surface area contributed by atoms with E-state index in [-0.39, 0.29) is 0 Å². The first-order chi connectivity index (χ1) is 13.9. The first-order valence-electron chi connectivity index (χ1n) is 9.08. The summed E-state index contributed by atoms with van der Waals surface area (Å²) < 4.78 is 39.2. The Kier molecular flexibility index (Phi) is 4.77. The van der Waals surface area contributed by atoms with Gasteiger partial charge in [0.2, 0.25) is 0 Å². The van der Waals surface area contributed by atoms with E-state index < -0.39 is 30.8 Å². The number of Topliss-reactive ketones (excluding diaryl/α,β-unsaturated/α-hetero) is 1. The topological polar surface area (TPSA) is 89.4 Å². The molecule has 0 bridgehead atoms. The lowest BCUT2D eigenvalue weighted by Crippen LogP contribution is -2.21. The number of carbonyl (C=O) groups is 1. The number of alkyl halides is 3. The number of ketones is 1. The smallest absolute Gasteiger partial charge is 0.345 e. The van der Waals surface area contributed by atoms with Crippen molar-refractivity contribution in [3.8, 4) is 11.4 Å². The van der Waals surface area contributed by atoms with Crippen LogP contribution in [0.5, 0.6) is 0 Å². The minimum absolute atomic E-state index is 0.362. The molecule has 0 unspecified atom stereocenters. The molecule has 4 aromatic rings. The van der Waals surface area contributed by atoms with Crippen LogP contribution in [0.15, 0.2) is 37.2 Å². The molecule has 7 nitrogen and oxygen atoms in total. The van der Waals surface area contributed by atoms with Crippen LogP contribution in [0.25, 0.3) is 33.5 Å². The van der Waals surface area contributed by atoms with Gasteiger partial charge in [0.1, 0.15) is 17.6 Å². The molecular weight excluding hydrogens is 385 g/mol. The highest BCUT2D eigenvalue weighted by Gasteiger charge is 2.30. The quantitative estimate of drug-likeness (QED) is 0.521. The fraction of sp³-hybridized carbons (Fsp3) is 0.316. The van der Waals surface area contributed by atoms with E-state index in [1.165, 1.54) is 6.33 Å². The van der Waals surface area contributed by atoms with E-state index >= 15 is 0 Å². The summed E-state index contributed by atoms with van der Waals surface area (Å²) in [5.74, 6) is -0.0564. The first-order valence-corrected chi connectivity index (χ1v) is 9.08. The Hall–Kier alpha value is -3.30. The maximum absolute atomic E-state index is 12.5. The van der Waals surface area contributed by atoms with E-state index in [0.29, 0.717) is 34.5 Å². The summed E-state index contributed by atoms with van der Waals surface area (Å²) in [6.07, 6.45) is 2.41. The second-order valence-corrected chi connectivity index (χ2v) is 6.69. The minimum atomic E-state index is -4.36. The standard InChI is InChI=1S/C19H17F3N6O/c1-2-14(15(29)3-5-19(20,21)22)28-6-4-11-7-24-17(27-18(11)28)13-9-25-16-12(13)8-23-10-26-16/h4,6-10,14H,2-3,5H2,1H3,(H,23,25,26)/t14-/m0/s1. The maximum atomic E-state index is 12.5. The van der Waals surface area contributed by atoms with Gasteiger partial charge < -0.3 is 9.55 Å². The number of hydrogen-bond acceptors (Lipinski definition) is 5. The molecule has 4 heterocycles. The van der Waals surface area contributed by atoms with Crippen molar-refractivity contribution in [1.82, 2.24) is 29.5 Å². The van der Waals surface area contributed by atoms with E-state index in [9.17, 15) is 18.0 Å². The Morgan fingerprint density at radius 2 is 2.10 bits per heavy atom. The van der Waals surface area contributed by atoms with Crippen LogP contribution in [0.1, 0.15) is 32.2 Å². The van der Waals surface area contributed by atoms with Gasteiger partial charge in [0.15, 0.2) is 11.6 Å². The molecular formula is C19H17F3N6O. The second-order valence-electron chi connectivity index (χ2n) is 6.69. The molecule has 0 amide bonds. The average molecular weight is 402 g/mol. The van der Waals surface area contributed by atoms with Crippen molar-refractivity contribution in [1.29, 1.82) is 0 Å². The number of halogens is 3. The normalized spacial score (nSPS) is 13.2. The lowest BCUT2D eigenvalue weighted by Gasteiger charge is -2.17. The van der Waals surface area contributed by atoms with Gasteiger partial charge in [-0.05, 0) is 12.5 Å². The van der Waals surface area contributed by atoms with Crippen LogP contribution in [0.2, 0.25) is 0 Å². The number of nitrogens with zero attached hydrogens (tertiary/aromatic N) is 5. The number of fused-ring (bicyclic) bond motifs is 2. The predicted molar refractivity (Wildman–Crippen MR) is 100 cm³/mol. The third-order valence-electron chi connectivity index (χ3n) is 4.80. The SMILES string of the molecule is CC[C@@H](C(=O)CCC(F)(F)F)n1ccc2cnc(-c3c[nH]c4ncncc34)nc21. The second kappa shape index (κ2) is 7.26. The molecule has 0 saturated heterocycles. The molecule has 1 N–H and O–H groups in total. The van der Waals surface area contributed by atoms with E-state index in [2.05, 4.69) is 24.9 Å². The van der Waals surface area contributed by atoms with Crippen molar-refractivity contribution in [3.63, 3.8) is 0 Å². The van der Waals surface area contributed by atoms with E-state index in [0.717, 1.165) is 5.39 Å².